The number of hydrogen-bond donors (Lipinski definition) is 1. The second-order valence-electron chi connectivity index (χ2n) is 4.44. The summed E-state index contributed by atoms with van der Waals surface area (Å²) < 4.78 is 0. The van der Waals surface area contributed by atoms with Crippen LogP contribution in [-0.2, 0) is 0 Å². The third kappa shape index (κ3) is 2.73. The third-order valence-corrected chi connectivity index (χ3v) is 3.51. The van der Waals surface area contributed by atoms with Crippen molar-refractivity contribution in [2.45, 2.75) is 19.4 Å². The lowest BCUT2D eigenvalue weighted by Gasteiger charge is -2.34. The van der Waals surface area contributed by atoms with Gasteiger partial charge in [-0.1, -0.05) is 23.2 Å². The summed E-state index contributed by atoms with van der Waals surface area (Å²) in [6.07, 6.45) is 3.99. The van der Waals surface area contributed by atoms with E-state index in [1.165, 1.54) is 0 Å². The van der Waals surface area contributed by atoms with Crippen LogP contribution in [0.15, 0.2) is 30.5 Å². The van der Waals surface area contributed by atoms with Gasteiger partial charge in [0.05, 0.1) is 15.6 Å². The fourth-order valence-electron chi connectivity index (χ4n) is 1.54. The summed E-state index contributed by atoms with van der Waals surface area (Å²) in [6.45, 7) is 4.12. The summed E-state index contributed by atoms with van der Waals surface area (Å²) in [4.78, 5) is 1.86. The molecule has 1 N–H and O–H groups in total. The fraction of sp³-hybridized carbons (Fsp3) is 0.250. The number of benzene rings is 1. The third-order valence-electron chi connectivity index (χ3n) is 2.47. The molecule has 0 saturated carbocycles. The van der Waals surface area contributed by atoms with E-state index < -0.39 is 0 Å². The van der Waals surface area contributed by atoms with Gasteiger partial charge in [0, 0.05) is 11.9 Å². The molecule has 0 spiro atoms. The van der Waals surface area contributed by atoms with E-state index in [1.54, 1.807) is 12.1 Å². The van der Waals surface area contributed by atoms with Crippen LogP contribution in [0.5, 0.6) is 0 Å². The molecule has 1 aliphatic heterocycles. The highest BCUT2D eigenvalue weighted by molar-refractivity contribution is 7.80. The standard InChI is InChI=1S/C12H12Cl2N2S/c1-12(2)5-6-16(11(17)15-12)8-3-4-9(13)10(14)7-8/h3-7H,1-2H3,(H,15,17). The Morgan fingerprint density at radius 1 is 1.24 bits per heavy atom. The topological polar surface area (TPSA) is 15.3 Å². The van der Waals surface area contributed by atoms with Crippen LogP contribution in [0, 0.1) is 0 Å². The predicted molar refractivity (Wildman–Crippen MR) is 77.9 cm³/mol. The summed E-state index contributed by atoms with van der Waals surface area (Å²) >= 11 is 17.2. The maximum Gasteiger partial charge on any atom is 0.178 e. The second-order valence-corrected chi connectivity index (χ2v) is 5.64. The highest BCUT2D eigenvalue weighted by Crippen LogP contribution is 2.28. The van der Waals surface area contributed by atoms with Crippen molar-refractivity contribution in [1.82, 2.24) is 5.32 Å². The van der Waals surface area contributed by atoms with Crippen LogP contribution in [0.1, 0.15) is 13.8 Å². The van der Waals surface area contributed by atoms with Crippen molar-refractivity contribution >= 4 is 46.2 Å². The van der Waals surface area contributed by atoms with Crippen molar-refractivity contribution in [2.75, 3.05) is 4.90 Å². The first-order valence-corrected chi connectivity index (χ1v) is 6.31. The summed E-state index contributed by atoms with van der Waals surface area (Å²) in [5, 5.41) is 4.94. The molecule has 0 unspecified atom stereocenters. The number of halogens is 2. The molecule has 5 heteroatoms. The van der Waals surface area contributed by atoms with Crippen LogP contribution in [0.3, 0.4) is 0 Å². The molecule has 1 heterocycles. The molecule has 0 saturated heterocycles. The molecular weight excluding hydrogens is 275 g/mol. The molecule has 2 rings (SSSR count). The maximum absolute atomic E-state index is 5.99. The zero-order valence-corrected chi connectivity index (χ0v) is 11.8. The van der Waals surface area contributed by atoms with Gasteiger partial charge in [0.15, 0.2) is 5.11 Å². The van der Waals surface area contributed by atoms with E-state index in [0.717, 1.165) is 5.69 Å². The van der Waals surface area contributed by atoms with Crippen LogP contribution in [0.4, 0.5) is 5.69 Å². The molecule has 0 aromatic heterocycles. The lowest BCUT2D eigenvalue weighted by molar-refractivity contribution is 0.566. The lowest BCUT2D eigenvalue weighted by Crippen LogP contribution is -2.51. The van der Waals surface area contributed by atoms with Crippen molar-refractivity contribution < 1.29 is 0 Å². The Morgan fingerprint density at radius 2 is 1.94 bits per heavy atom. The van der Waals surface area contributed by atoms with Gasteiger partial charge in [-0.15, -0.1) is 0 Å². The zero-order chi connectivity index (χ0) is 12.6. The van der Waals surface area contributed by atoms with Crippen LogP contribution in [0.25, 0.3) is 0 Å². The quantitative estimate of drug-likeness (QED) is 0.786. The number of rotatable bonds is 1. The number of nitrogens with one attached hydrogen (secondary N) is 1. The van der Waals surface area contributed by atoms with Crippen LogP contribution >= 0.6 is 35.4 Å². The molecule has 17 heavy (non-hydrogen) atoms. The van der Waals surface area contributed by atoms with Gasteiger partial charge in [-0.2, -0.15) is 0 Å². The van der Waals surface area contributed by atoms with Gasteiger partial charge in [0.25, 0.3) is 0 Å². The fourth-order valence-corrected chi connectivity index (χ4v) is 2.27. The minimum absolute atomic E-state index is 0.121. The van der Waals surface area contributed by atoms with Crippen LogP contribution in [0.2, 0.25) is 10.0 Å². The average molecular weight is 287 g/mol. The smallest absolute Gasteiger partial charge is 0.178 e. The van der Waals surface area contributed by atoms with Crippen molar-refractivity contribution in [3.63, 3.8) is 0 Å². The number of thiocarbonyl (C=S) groups is 1. The first-order valence-electron chi connectivity index (χ1n) is 5.15. The Morgan fingerprint density at radius 3 is 2.53 bits per heavy atom. The van der Waals surface area contributed by atoms with Crippen LogP contribution in [-0.4, -0.2) is 10.7 Å². The molecule has 1 aliphatic rings. The summed E-state index contributed by atoms with van der Waals surface area (Å²) in [5.41, 5.74) is 0.771. The number of anilines is 1. The molecule has 1 aromatic rings. The maximum atomic E-state index is 5.99. The van der Waals surface area contributed by atoms with Gasteiger partial charge in [0.2, 0.25) is 0 Å². The lowest BCUT2D eigenvalue weighted by atomic mass is 10.0. The number of nitrogens with zero attached hydrogens (tertiary/aromatic N) is 1. The van der Waals surface area contributed by atoms with E-state index >= 15 is 0 Å². The SMILES string of the molecule is CC1(C)C=CN(c2ccc(Cl)c(Cl)c2)C(=S)N1. The monoisotopic (exact) mass is 286 g/mol. The minimum Gasteiger partial charge on any atom is -0.354 e. The molecule has 0 bridgehead atoms. The Balaban J connectivity index is 2.35. The summed E-state index contributed by atoms with van der Waals surface area (Å²) in [5.74, 6) is 0. The average Bonchev–Trinajstić information content (AvgIpc) is 2.21. The van der Waals surface area contributed by atoms with Gasteiger partial charge < -0.3 is 5.32 Å². The van der Waals surface area contributed by atoms with E-state index in [4.69, 9.17) is 35.4 Å². The Hall–Kier alpha value is -0.770. The Bertz CT molecular complexity index is 497. The predicted octanol–water partition coefficient (Wildman–Crippen LogP) is 3.98. The van der Waals surface area contributed by atoms with Crippen molar-refractivity contribution in [3.05, 3.63) is 40.5 Å². The second kappa shape index (κ2) is 4.48. The number of hydrogen-bond acceptors (Lipinski definition) is 1. The molecule has 0 aliphatic carbocycles. The first-order chi connectivity index (χ1) is 7.89. The van der Waals surface area contributed by atoms with Gasteiger partial charge in [-0.3, -0.25) is 4.90 Å². The Kier molecular flexibility index (Phi) is 3.34. The van der Waals surface area contributed by atoms with Crippen molar-refractivity contribution in [3.8, 4) is 0 Å². The molecule has 0 atom stereocenters. The molecule has 0 fully saturated rings. The van der Waals surface area contributed by atoms with Crippen molar-refractivity contribution in [2.24, 2.45) is 0 Å². The van der Waals surface area contributed by atoms with Gasteiger partial charge in [-0.25, -0.2) is 0 Å². The zero-order valence-electron chi connectivity index (χ0n) is 9.50. The van der Waals surface area contributed by atoms with E-state index in [9.17, 15) is 0 Å². The molecular formula is C12H12Cl2N2S. The highest BCUT2D eigenvalue weighted by atomic mass is 35.5. The van der Waals surface area contributed by atoms with Crippen molar-refractivity contribution in [1.29, 1.82) is 0 Å². The molecule has 2 nitrogen and oxygen atoms in total. The first kappa shape index (κ1) is 12.7. The van der Waals surface area contributed by atoms with Gasteiger partial charge in [-0.05, 0) is 50.3 Å². The molecule has 90 valence electrons. The van der Waals surface area contributed by atoms with Gasteiger partial charge >= 0.3 is 0 Å². The molecule has 0 radical (unpaired) electrons. The molecule has 1 aromatic carbocycles. The Labute approximate surface area is 116 Å². The minimum atomic E-state index is -0.121. The van der Waals surface area contributed by atoms with E-state index in [-0.39, 0.29) is 5.54 Å². The molecule has 0 amide bonds. The summed E-state index contributed by atoms with van der Waals surface area (Å²) in [6, 6.07) is 5.43. The van der Waals surface area contributed by atoms with E-state index in [1.807, 2.05) is 23.2 Å². The van der Waals surface area contributed by atoms with E-state index in [2.05, 4.69) is 19.2 Å². The van der Waals surface area contributed by atoms with Gasteiger partial charge in [0.1, 0.15) is 0 Å². The summed E-state index contributed by atoms with van der Waals surface area (Å²) in [7, 11) is 0. The largest absolute Gasteiger partial charge is 0.354 e. The van der Waals surface area contributed by atoms with E-state index in [0.29, 0.717) is 15.2 Å². The van der Waals surface area contributed by atoms with Crippen LogP contribution < -0.4 is 10.2 Å². The normalized spacial score (nSPS) is 18.1. The highest BCUT2D eigenvalue weighted by Gasteiger charge is 2.23.